The molecule has 118 valence electrons. The maximum Gasteiger partial charge on any atom is 0.212 e. The molecule has 1 unspecified atom stereocenters. The highest BCUT2D eigenvalue weighted by Gasteiger charge is 2.15. The van der Waals surface area contributed by atoms with E-state index in [1.54, 1.807) is 12.1 Å². The van der Waals surface area contributed by atoms with Crippen LogP contribution in [0.3, 0.4) is 0 Å². The SMILES string of the molecule is COc1ccc(-c2cc(O)cc(OCC(O)CF)c2O)cn1. The molecule has 3 N–H and O–H groups in total. The number of phenols is 2. The molecule has 0 aliphatic carbocycles. The highest BCUT2D eigenvalue weighted by atomic mass is 19.1. The molecule has 1 heterocycles. The molecule has 0 saturated carbocycles. The average Bonchev–Trinajstić information content (AvgIpc) is 2.55. The predicted octanol–water partition coefficient (Wildman–Crippen LogP) is 1.88. The van der Waals surface area contributed by atoms with Gasteiger partial charge >= 0.3 is 0 Å². The zero-order valence-corrected chi connectivity index (χ0v) is 11.9. The zero-order valence-electron chi connectivity index (χ0n) is 11.9. The first-order valence-electron chi connectivity index (χ1n) is 6.48. The number of aliphatic hydroxyl groups excluding tert-OH is 1. The first-order chi connectivity index (χ1) is 10.5. The molecule has 0 spiro atoms. The summed E-state index contributed by atoms with van der Waals surface area (Å²) in [6.45, 7) is -1.30. The number of rotatable bonds is 6. The van der Waals surface area contributed by atoms with Crippen molar-refractivity contribution in [2.75, 3.05) is 20.4 Å². The molecule has 6 nitrogen and oxygen atoms in total. The number of benzene rings is 1. The third-order valence-electron chi connectivity index (χ3n) is 2.93. The lowest BCUT2D eigenvalue weighted by molar-refractivity contribution is 0.0828. The molecule has 1 atom stereocenters. The third kappa shape index (κ3) is 3.56. The molecule has 0 aliphatic rings. The van der Waals surface area contributed by atoms with Gasteiger partial charge in [0, 0.05) is 29.5 Å². The van der Waals surface area contributed by atoms with Gasteiger partial charge in [-0.05, 0) is 12.1 Å². The van der Waals surface area contributed by atoms with Gasteiger partial charge < -0.3 is 24.8 Å². The van der Waals surface area contributed by atoms with E-state index in [0.717, 1.165) is 0 Å². The number of alkyl halides is 1. The number of ether oxygens (including phenoxy) is 2. The molecule has 22 heavy (non-hydrogen) atoms. The van der Waals surface area contributed by atoms with Crippen molar-refractivity contribution in [1.29, 1.82) is 0 Å². The molecule has 0 aliphatic heterocycles. The van der Waals surface area contributed by atoms with Crippen molar-refractivity contribution in [3.05, 3.63) is 30.5 Å². The highest BCUT2D eigenvalue weighted by Crippen LogP contribution is 2.40. The van der Waals surface area contributed by atoms with Crippen LogP contribution in [0.4, 0.5) is 4.39 Å². The summed E-state index contributed by atoms with van der Waals surface area (Å²) >= 11 is 0. The maximum absolute atomic E-state index is 12.2. The molecule has 0 fully saturated rings. The van der Waals surface area contributed by atoms with E-state index >= 15 is 0 Å². The molecule has 1 aromatic carbocycles. The van der Waals surface area contributed by atoms with Crippen LogP contribution in [0.25, 0.3) is 11.1 Å². The maximum atomic E-state index is 12.2. The molecule has 2 rings (SSSR count). The van der Waals surface area contributed by atoms with Gasteiger partial charge in [0.2, 0.25) is 5.88 Å². The Balaban J connectivity index is 2.32. The van der Waals surface area contributed by atoms with E-state index in [2.05, 4.69) is 4.98 Å². The molecule has 1 aromatic heterocycles. The first kappa shape index (κ1) is 15.8. The minimum absolute atomic E-state index is 0.0571. The molecule has 7 heteroatoms. The largest absolute Gasteiger partial charge is 0.508 e. The standard InChI is InChI=1S/C15H16FNO5/c1-21-14-3-2-9(7-17-14)12-4-10(18)5-13(15(12)20)22-8-11(19)6-16/h2-5,7,11,18-20H,6,8H2,1H3. The second-order valence-electron chi connectivity index (χ2n) is 4.55. The summed E-state index contributed by atoms with van der Waals surface area (Å²) in [5.74, 6) is -0.0339. The number of hydrogen-bond donors (Lipinski definition) is 3. The zero-order chi connectivity index (χ0) is 16.1. The number of hydrogen-bond acceptors (Lipinski definition) is 6. The van der Waals surface area contributed by atoms with Crippen molar-refractivity contribution in [3.8, 4) is 34.3 Å². The number of aromatic hydroxyl groups is 2. The fourth-order valence-electron chi connectivity index (χ4n) is 1.81. The predicted molar refractivity (Wildman–Crippen MR) is 77.0 cm³/mol. The van der Waals surface area contributed by atoms with Crippen molar-refractivity contribution in [2.24, 2.45) is 0 Å². The van der Waals surface area contributed by atoms with Gasteiger partial charge in [-0.25, -0.2) is 9.37 Å². The van der Waals surface area contributed by atoms with Gasteiger partial charge in [-0.1, -0.05) is 0 Å². The lowest BCUT2D eigenvalue weighted by atomic mass is 10.1. The first-order valence-corrected chi connectivity index (χ1v) is 6.48. The minimum Gasteiger partial charge on any atom is -0.508 e. The van der Waals surface area contributed by atoms with E-state index in [-0.39, 0.29) is 23.9 Å². The number of aromatic nitrogens is 1. The van der Waals surface area contributed by atoms with Gasteiger partial charge in [0.15, 0.2) is 11.5 Å². The van der Waals surface area contributed by atoms with Gasteiger partial charge in [-0.2, -0.15) is 0 Å². The molecular weight excluding hydrogens is 293 g/mol. The summed E-state index contributed by atoms with van der Waals surface area (Å²) < 4.78 is 22.3. The summed E-state index contributed by atoms with van der Waals surface area (Å²) in [5, 5.41) is 29.1. The quantitative estimate of drug-likeness (QED) is 0.706. The smallest absolute Gasteiger partial charge is 0.212 e. The van der Waals surface area contributed by atoms with Crippen LogP contribution in [0, 0.1) is 0 Å². The van der Waals surface area contributed by atoms with Crippen molar-refractivity contribution in [1.82, 2.24) is 4.98 Å². The van der Waals surface area contributed by atoms with Crippen LogP contribution in [0.1, 0.15) is 0 Å². The molecule has 0 amide bonds. The average molecular weight is 309 g/mol. The second kappa shape index (κ2) is 6.95. The molecule has 0 radical (unpaired) electrons. The Morgan fingerprint density at radius 3 is 2.64 bits per heavy atom. The fraction of sp³-hybridized carbons (Fsp3) is 0.267. The van der Waals surface area contributed by atoms with E-state index in [4.69, 9.17) is 14.6 Å². The topological polar surface area (TPSA) is 92.0 Å². The Bertz CT molecular complexity index is 633. The van der Waals surface area contributed by atoms with Crippen LogP contribution in [-0.2, 0) is 0 Å². The van der Waals surface area contributed by atoms with Gasteiger partial charge in [0.1, 0.15) is 25.1 Å². The van der Waals surface area contributed by atoms with Crippen LogP contribution >= 0.6 is 0 Å². The molecule has 0 saturated heterocycles. The Labute approximate surface area is 126 Å². The number of halogens is 1. The van der Waals surface area contributed by atoms with Gasteiger partial charge in [-0.15, -0.1) is 0 Å². The number of methoxy groups -OCH3 is 1. The van der Waals surface area contributed by atoms with E-state index in [1.807, 2.05) is 0 Å². The third-order valence-corrected chi connectivity index (χ3v) is 2.93. The Morgan fingerprint density at radius 1 is 1.27 bits per heavy atom. The summed E-state index contributed by atoms with van der Waals surface area (Å²) in [6, 6.07) is 5.78. The van der Waals surface area contributed by atoms with E-state index < -0.39 is 12.8 Å². The number of phenolic OH excluding ortho intramolecular Hbond substituents is 2. The van der Waals surface area contributed by atoms with Gasteiger partial charge in [0.05, 0.1) is 7.11 Å². The molecular formula is C15H16FNO5. The second-order valence-corrected chi connectivity index (χ2v) is 4.55. The number of nitrogens with zero attached hydrogens (tertiary/aromatic N) is 1. The monoisotopic (exact) mass is 309 g/mol. The molecule has 2 aromatic rings. The van der Waals surface area contributed by atoms with Crippen LogP contribution < -0.4 is 9.47 Å². The minimum atomic E-state index is -1.30. The van der Waals surface area contributed by atoms with Crippen molar-refractivity contribution < 1.29 is 29.2 Å². The molecule has 0 bridgehead atoms. The van der Waals surface area contributed by atoms with Crippen LogP contribution in [0.15, 0.2) is 30.5 Å². The number of aliphatic hydroxyl groups is 1. The van der Waals surface area contributed by atoms with Gasteiger partial charge in [0.25, 0.3) is 0 Å². The Hall–Kier alpha value is -2.54. The lowest BCUT2D eigenvalue weighted by Gasteiger charge is -2.14. The summed E-state index contributed by atoms with van der Waals surface area (Å²) in [6.07, 6.45) is 0.168. The summed E-state index contributed by atoms with van der Waals surface area (Å²) in [5.41, 5.74) is 0.824. The van der Waals surface area contributed by atoms with Crippen LogP contribution in [-0.4, -0.2) is 46.8 Å². The Morgan fingerprint density at radius 2 is 2.05 bits per heavy atom. The summed E-state index contributed by atoms with van der Waals surface area (Å²) in [7, 11) is 1.48. The Kier molecular flexibility index (Phi) is 5.00. The van der Waals surface area contributed by atoms with Crippen molar-refractivity contribution in [3.63, 3.8) is 0 Å². The van der Waals surface area contributed by atoms with Crippen molar-refractivity contribution in [2.45, 2.75) is 6.10 Å². The van der Waals surface area contributed by atoms with Gasteiger partial charge in [-0.3, -0.25) is 0 Å². The lowest BCUT2D eigenvalue weighted by Crippen LogP contribution is -2.19. The van der Waals surface area contributed by atoms with E-state index in [1.165, 1.54) is 25.4 Å². The van der Waals surface area contributed by atoms with E-state index in [9.17, 15) is 14.6 Å². The van der Waals surface area contributed by atoms with Crippen molar-refractivity contribution >= 4 is 0 Å². The van der Waals surface area contributed by atoms with E-state index in [0.29, 0.717) is 17.0 Å². The summed E-state index contributed by atoms with van der Waals surface area (Å²) in [4.78, 5) is 4.02. The fourth-order valence-corrected chi connectivity index (χ4v) is 1.81. The number of pyridine rings is 1. The van der Waals surface area contributed by atoms with Crippen LogP contribution in [0.2, 0.25) is 0 Å². The van der Waals surface area contributed by atoms with Crippen LogP contribution in [0.5, 0.6) is 23.1 Å². The normalized spacial score (nSPS) is 12.0. The highest BCUT2D eigenvalue weighted by molar-refractivity contribution is 5.74.